The zero-order valence-corrected chi connectivity index (χ0v) is 11.8. The Labute approximate surface area is 105 Å². The molecule has 0 aliphatic carbocycles. The molecule has 1 atom stereocenters. The molecule has 0 aliphatic rings. The van der Waals surface area contributed by atoms with Crippen LogP contribution in [0, 0.1) is 5.41 Å². The van der Waals surface area contributed by atoms with Crippen LogP contribution >= 0.6 is 0 Å². The number of aliphatic hydroxyl groups is 1. The van der Waals surface area contributed by atoms with Crippen LogP contribution in [0.2, 0.25) is 0 Å². The van der Waals surface area contributed by atoms with E-state index >= 15 is 0 Å². The maximum atomic E-state index is 10.3. The van der Waals surface area contributed by atoms with Gasteiger partial charge in [0, 0.05) is 13.2 Å². The second-order valence-corrected chi connectivity index (χ2v) is 6.58. The van der Waals surface area contributed by atoms with Gasteiger partial charge in [-0.3, -0.25) is 4.68 Å². The van der Waals surface area contributed by atoms with E-state index in [2.05, 4.69) is 25.9 Å². The van der Waals surface area contributed by atoms with Crippen molar-refractivity contribution in [3.05, 3.63) is 18.0 Å². The summed E-state index contributed by atoms with van der Waals surface area (Å²) in [5.41, 5.74) is 0.921. The first-order chi connectivity index (χ1) is 7.68. The molecular weight excluding hydrogens is 212 g/mol. The van der Waals surface area contributed by atoms with E-state index in [1.807, 2.05) is 26.4 Å². The van der Waals surface area contributed by atoms with Gasteiger partial charge in [-0.2, -0.15) is 5.10 Å². The van der Waals surface area contributed by atoms with E-state index in [-0.39, 0.29) is 5.41 Å². The first-order valence-electron chi connectivity index (χ1n) is 6.38. The van der Waals surface area contributed by atoms with Gasteiger partial charge in [0.1, 0.15) is 0 Å². The maximum Gasteiger partial charge on any atom is 0.0623 e. The average Bonchev–Trinajstić information content (AvgIpc) is 2.58. The summed E-state index contributed by atoms with van der Waals surface area (Å²) in [6.45, 7) is 8.58. The molecule has 0 fully saturated rings. The second-order valence-electron chi connectivity index (χ2n) is 6.58. The lowest BCUT2D eigenvalue weighted by atomic mass is 9.83. The summed E-state index contributed by atoms with van der Waals surface area (Å²) in [7, 11) is 1.92. The standard InChI is InChI=1S/C14H26N2O/c1-13(2,3)8-9-14(4,17)7-6-12-10-15-16(5)11-12/h10-11,17H,6-9H2,1-5H3. The largest absolute Gasteiger partial charge is 0.390 e. The van der Waals surface area contributed by atoms with Gasteiger partial charge in [-0.15, -0.1) is 0 Å². The molecule has 0 aromatic carbocycles. The third-order valence-corrected chi connectivity index (χ3v) is 3.12. The Morgan fingerprint density at radius 3 is 2.29 bits per heavy atom. The van der Waals surface area contributed by atoms with E-state index in [4.69, 9.17) is 0 Å². The highest BCUT2D eigenvalue weighted by molar-refractivity contribution is 5.04. The molecule has 3 nitrogen and oxygen atoms in total. The van der Waals surface area contributed by atoms with Crippen LogP contribution < -0.4 is 0 Å². The van der Waals surface area contributed by atoms with Crippen molar-refractivity contribution in [1.29, 1.82) is 0 Å². The molecule has 0 bridgehead atoms. The number of rotatable bonds is 5. The van der Waals surface area contributed by atoms with Crippen molar-refractivity contribution in [2.75, 3.05) is 0 Å². The van der Waals surface area contributed by atoms with Gasteiger partial charge in [0.25, 0.3) is 0 Å². The van der Waals surface area contributed by atoms with Crippen molar-refractivity contribution in [3.8, 4) is 0 Å². The third-order valence-electron chi connectivity index (χ3n) is 3.12. The van der Waals surface area contributed by atoms with Gasteiger partial charge in [0.05, 0.1) is 11.8 Å². The number of aryl methyl sites for hydroxylation is 2. The number of aromatic nitrogens is 2. The minimum atomic E-state index is -0.566. The monoisotopic (exact) mass is 238 g/mol. The molecule has 98 valence electrons. The SMILES string of the molecule is Cn1cc(CCC(C)(O)CCC(C)(C)C)cn1. The smallest absolute Gasteiger partial charge is 0.0623 e. The van der Waals surface area contributed by atoms with Gasteiger partial charge in [-0.1, -0.05) is 20.8 Å². The molecule has 1 aromatic rings. The summed E-state index contributed by atoms with van der Waals surface area (Å²) >= 11 is 0. The predicted octanol–water partition coefficient (Wildman–Crippen LogP) is 2.93. The van der Waals surface area contributed by atoms with E-state index in [9.17, 15) is 5.11 Å². The molecule has 17 heavy (non-hydrogen) atoms. The zero-order valence-electron chi connectivity index (χ0n) is 11.8. The van der Waals surface area contributed by atoms with Gasteiger partial charge >= 0.3 is 0 Å². The van der Waals surface area contributed by atoms with Crippen molar-refractivity contribution in [3.63, 3.8) is 0 Å². The zero-order chi connectivity index (χ0) is 13.1. The Hall–Kier alpha value is -0.830. The van der Waals surface area contributed by atoms with Gasteiger partial charge in [0.15, 0.2) is 0 Å². The highest BCUT2D eigenvalue weighted by atomic mass is 16.3. The molecule has 1 aromatic heterocycles. The van der Waals surface area contributed by atoms with Gasteiger partial charge < -0.3 is 5.11 Å². The van der Waals surface area contributed by atoms with Crippen LogP contribution in [-0.2, 0) is 13.5 Å². The molecule has 1 unspecified atom stereocenters. The molecule has 1 N–H and O–H groups in total. The third kappa shape index (κ3) is 5.87. The van der Waals surface area contributed by atoms with Gasteiger partial charge in [0.2, 0.25) is 0 Å². The topological polar surface area (TPSA) is 38.0 Å². The van der Waals surface area contributed by atoms with Crippen LogP contribution in [0.3, 0.4) is 0 Å². The van der Waals surface area contributed by atoms with E-state index in [1.165, 1.54) is 5.56 Å². The van der Waals surface area contributed by atoms with Crippen LogP contribution in [0.5, 0.6) is 0 Å². The number of hydrogen-bond donors (Lipinski definition) is 1. The number of nitrogens with zero attached hydrogens (tertiary/aromatic N) is 2. The molecular formula is C14H26N2O. The van der Waals surface area contributed by atoms with Crippen molar-refractivity contribution < 1.29 is 5.11 Å². The summed E-state index contributed by atoms with van der Waals surface area (Å²) in [6, 6.07) is 0. The highest BCUT2D eigenvalue weighted by Gasteiger charge is 2.23. The Kier molecular flexibility index (Phi) is 4.36. The number of hydrogen-bond acceptors (Lipinski definition) is 2. The van der Waals surface area contributed by atoms with Gasteiger partial charge in [-0.05, 0) is 43.6 Å². The molecule has 0 aliphatic heterocycles. The molecule has 0 spiro atoms. The molecule has 1 heterocycles. The molecule has 0 saturated heterocycles. The average molecular weight is 238 g/mol. The summed E-state index contributed by atoms with van der Waals surface area (Å²) in [5, 5.41) is 14.5. The lowest BCUT2D eigenvalue weighted by Gasteiger charge is -2.27. The predicted molar refractivity (Wildman–Crippen MR) is 70.8 cm³/mol. The second kappa shape index (κ2) is 5.21. The van der Waals surface area contributed by atoms with Crippen LogP contribution in [0.25, 0.3) is 0 Å². The summed E-state index contributed by atoms with van der Waals surface area (Å²) in [6.07, 6.45) is 7.49. The lowest BCUT2D eigenvalue weighted by molar-refractivity contribution is 0.0312. The van der Waals surface area contributed by atoms with E-state index in [0.29, 0.717) is 0 Å². The first kappa shape index (κ1) is 14.2. The van der Waals surface area contributed by atoms with E-state index < -0.39 is 5.60 Å². The quantitative estimate of drug-likeness (QED) is 0.856. The van der Waals surface area contributed by atoms with Gasteiger partial charge in [-0.25, -0.2) is 0 Å². The van der Waals surface area contributed by atoms with Crippen molar-refractivity contribution >= 4 is 0 Å². The van der Waals surface area contributed by atoms with Crippen molar-refractivity contribution in [2.24, 2.45) is 12.5 Å². The van der Waals surface area contributed by atoms with Crippen LogP contribution in [0.4, 0.5) is 0 Å². The molecule has 0 saturated carbocycles. The Balaban J connectivity index is 2.39. The van der Waals surface area contributed by atoms with Crippen LogP contribution in [0.1, 0.15) is 52.5 Å². The summed E-state index contributed by atoms with van der Waals surface area (Å²) in [4.78, 5) is 0. The maximum absolute atomic E-state index is 10.3. The fourth-order valence-electron chi connectivity index (χ4n) is 1.78. The van der Waals surface area contributed by atoms with E-state index in [1.54, 1.807) is 4.68 Å². The fourth-order valence-corrected chi connectivity index (χ4v) is 1.78. The molecule has 3 heteroatoms. The molecule has 0 amide bonds. The van der Waals surface area contributed by atoms with Crippen molar-refractivity contribution in [1.82, 2.24) is 9.78 Å². The Morgan fingerprint density at radius 1 is 1.18 bits per heavy atom. The molecule has 1 rings (SSSR count). The first-order valence-corrected chi connectivity index (χ1v) is 6.38. The normalized spacial score (nSPS) is 15.9. The van der Waals surface area contributed by atoms with Crippen LogP contribution in [0.15, 0.2) is 12.4 Å². The van der Waals surface area contributed by atoms with Crippen LogP contribution in [-0.4, -0.2) is 20.5 Å². The fraction of sp³-hybridized carbons (Fsp3) is 0.786. The Bertz CT molecular complexity index is 347. The van der Waals surface area contributed by atoms with E-state index in [0.717, 1.165) is 25.7 Å². The molecule has 0 radical (unpaired) electrons. The van der Waals surface area contributed by atoms with Crippen molar-refractivity contribution in [2.45, 2.75) is 59.0 Å². The summed E-state index contributed by atoms with van der Waals surface area (Å²) in [5.74, 6) is 0. The summed E-state index contributed by atoms with van der Waals surface area (Å²) < 4.78 is 1.80. The minimum absolute atomic E-state index is 0.290. The lowest BCUT2D eigenvalue weighted by Crippen LogP contribution is -2.26. The Morgan fingerprint density at radius 2 is 1.82 bits per heavy atom. The highest BCUT2D eigenvalue weighted by Crippen LogP contribution is 2.27. The minimum Gasteiger partial charge on any atom is -0.390 e.